The molecule has 0 aliphatic carbocycles. The molecule has 3 rings (SSSR count). The zero-order chi connectivity index (χ0) is 12.4. The van der Waals surface area contributed by atoms with Gasteiger partial charge in [-0.1, -0.05) is 40.2 Å². The van der Waals surface area contributed by atoms with Gasteiger partial charge in [0.15, 0.2) is 0 Å². The van der Waals surface area contributed by atoms with Gasteiger partial charge < -0.3 is 4.98 Å². The normalized spacial score (nSPS) is 11.4. The highest BCUT2D eigenvalue weighted by Crippen LogP contribution is 2.15. The summed E-state index contributed by atoms with van der Waals surface area (Å²) in [5.41, 5.74) is 2.97. The van der Waals surface area contributed by atoms with Crippen LogP contribution in [-0.4, -0.2) is 16.2 Å². The van der Waals surface area contributed by atoms with Crippen molar-refractivity contribution in [1.82, 2.24) is 9.97 Å². The second-order valence-corrected chi connectivity index (χ2v) is 4.80. The fourth-order valence-electron chi connectivity index (χ4n) is 1.68. The van der Waals surface area contributed by atoms with E-state index in [9.17, 15) is 0 Å². The highest BCUT2D eigenvalue weighted by molar-refractivity contribution is 9.10. The number of nitrogens with one attached hydrogen (secondary N) is 1. The number of aromatic nitrogens is 2. The maximum atomic E-state index is 4.38. The predicted octanol–water partition coefficient (Wildman–Crippen LogP) is 4.08. The molecule has 3 aromatic rings. The molecule has 2 aromatic carbocycles. The Labute approximate surface area is 113 Å². The first-order valence-electron chi connectivity index (χ1n) is 5.56. The summed E-state index contributed by atoms with van der Waals surface area (Å²) in [4.78, 5) is 11.9. The van der Waals surface area contributed by atoms with Crippen molar-refractivity contribution in [2.24, 2.45) is 4.99 Å². The van der Waals surface area contributed by atoms with Crippen LogP contribution in [0.25, 0.3) is 11.0 Å². The van der Waals surface area contributed by atoms with Crippen molar-refractivity contribution in [3.05, 3.63) is 58.6 Å². The molecule has 3 nitrogen and oxygen atoms in total. The smallest absolute Gasteiger partial charge is 0.227 e. The number of halogens is 1. The Bertz CT molecular complexity index is 665. The third-order valence-corrected chi connectivity index (χ3v) is 3.11. The molecule has 0 aliphatic rings. The van der Waals surface area contributed by atoms with Gasteiger partial charge in [-0.2, -0.15) is 0 Å². The van der Waals surface area contributed by atoms with Crippen molar-refractivity contribution in [2.75, 3.05) is 0 Å². The molecule has 0 aliphatic heterocycles. The van der Waals surface area contributed by atoms with Crippen LogP contribution < -0.4 is 0 Å². The van der Waals surface area contributed by atoms with Crippen molar-refractivity contribution in [3.8, 4) is 0 Å². The number of benzene rings is 2. The fraction of sp³-hybridized carbons (Fsp3) is 0. The highest BCUT2D eigenvalue weighted by Gasteiger charge is 1.98. The molecule has 18 heavy (non-hydrogen) atoms. The molecule has 0 spiro atoms. The molecule has 0 radical (unpaired) electrons. The third-order valence-electron chi connectivity index (χ3n) is 2.58. The lowest BCUT2D eigenvalue weighted by molar-refractivity contribution is 1.27. The molecule has 0 fully saturated rings. The SMILES string of the molecule is Brc1ccc(/C=N/c2nc3ccccc3[nH]2)cc1. The van der Waals surface area contributed by atoms with Gasteiger partial charge in [0, 0.05) is 10.7 Å². The van der Waals surface area contributed by atoms with E-state index in [1.54, 1.807) is 6.21 Å². The summed E-state index contributed by atoms with van der Waals surface area (Å²) in [6.07, 6.45) is 1.80. The minimum Gasteiger partial charge on any atom is -0.322 e. The Kier molecular flexibility index (Phi) is 2.94. The number of para-hydroxylation sites is 2. The molecule has 0 saturated carbocycles. The van der Waals surface area contributed by atoms with Crippen LogP contribution in [0.5, 0.6) is 0 Å². The van der Waals surface area contributed by atoms with Crippen LogP contribution in [-0.2, 0) is 0 Å². The Morgan fingerprint density at radius 3 is 2.61 bits per heavy atom. The van der Waals surface area contributed by atoms with Gasteiger partial charge in [0.1, 0.15) is 0 Å². The predicted molar refractivity (Wildman–Crippen MR) is 77.5 cm³/mol. The maximum absolute atomic E-state index is 4.38. The first-order valence-corrected chi connectivity index (χ1v) is 6.35. The molecule has 0 atom stereocenters. The average Bonchev–Trinajstić information content (AvgIpc) is 2.81. The average molecular weight is 300 g/mol. The number of aliphatic imine (C=N–C) groups is 1. The minimum absolute atomic E-state index is 0.624. The van der Waals surface area contributed by atoms with Crippen molar-refractivity contribution < 1.29 is 0 Å². The summed E-state index contributed by atoms with van der Waals surface area (Å²) in [6.45, 7) is 0. The zero-order valence-corrected chi connectivity index (χ0v) is 11.1. The van der Waals surface area contributed by atoms with Crippen LogP contribution in [0.2, 0.25) is 0 Å². The molecule has 4 heteroatoms. The molecule has 1 aromatic heterocycles. The molecule has 0 unspecified atom stereocenters. The van der Waals surface area contributed by atoms with Crippen molar-refractivity contribution >= 4 is 39.1 Å². The number of aromatic amines is 1. The van der Waals surface area contributed by atoms with E-state index in [4.69, 9.17) is 0 Å². The molecule has 88 valence electrons. The number of rotatable bonds is 2. The van der Waals surface area contributed by atoms with E-state index >= 15 is 0 Å². The standard InChI is InChI=1S/C14H10BrN3/c15-11-7-5-10(6-8-11)9-16-14-17-12-3-1-2-4-13(12)18-14/h1-9H,(H,17,18)/b16-9+. The van der Waals surface area contributed by atoms with Gasteiger partial charge in [-0.15, -0.1) is 0 Å². The largest absolute Gasteiger partial charge is 0.322 e. The Morgan fingerprint density at radius 1 is 1.06 bits per heavy atom. The van der Waals surface area contributed by atoms with E-state index in [-0.39, 0.29) is 0 Å². The zero-order valence-electron chi connectivity index (χ0n) is 9.47. The Hall–Kier alpha value is -1.94. The van der Waals surface area contributed by atoms with Crippen molar-refractivity contribution in [2.45, 2.75) is 0 Å². The molecule has 0 amide bonds. The van der Waals surface area contributed by atoms with Crippen LogP contribution in [0.15, 0.2) is 58.0 Å². The summed E-state index contributed by atoms with van der Waals surface area (Å²) in [6, 6.07) is 15.9. The van der Waals surface area contributed by atoms with Gasteiger partial charge >= 0.3 is 0 Å². The maximum Gasteiger partial charge on any atom is 0.227 e. The molecular weight excluding hydrogens is 290 g/mol. The second kappa shape index (κ2) is 4.74. The Morgan fingerprint density at radius 2 is 1.83 bits per heavy atom. The number of nitrogens with zero attached hydrogens (tertiary/aromatic N) is 2. The number of hydrogen-bond acceptors (Lipinski definition) is 2. The van der Waals surface area contributed by atoms with Crippen LogP contribution in [0.3, 0.4) is 0 Å². The summed E-state index contributed by atoms with van der Waals surface area (Å²) in [5.74, 6) is 0.624. The first-order chi connectivity index (χ1) is 8.81. The molecule has 0 saturated heterocycles. The summed E-state index contributed by atoms with van der Waals surface area (Å²) in [5, 5.41) is 0. The molecular formula is C14H10BrN3. The number of fused-ring (bicyclic) bond motifs is 1. The van der Waals surface area contributed by atoms with Gasteiger partial charge in [-0.3, -0.25) is 0 Å². The van der Waals surface area contributed by atoms with Gasteiger partial charge in [-0.05, 0) is 29.8 Å². The first kappa shape index (κ1) is 11.2. The molecule has 1 heterocycles. The van der Waals surface area contributed by atoms with Gasteiger partial charge in [0.25, 0.3) is 0 Å². The molecule has 0 bridgehead atoms. The number of hydrogen-bond donors (Lipinski definition) is 1. The van der Waals surface area contributed by atoms with E-state index in [1.165, 1.54) is 0 Å². The second-order valence-electron chi connectivity index (χ2n) is 3.89. The molecule has 1 N–H and O–H groups in total. The van der Waals surface area contributed by atoms with Gasteiger partial charge in [0.05, 0.1) is 11.0 Å². The van der Waals surface area contributed by atoms with E-state index in [2.05, 4.69) is 30.9 Å². The van der Waals surface area contributed by atoms with E-state index < -0.39 is 0 Å². The lowest BCUT2D eigenvalue weighted by Gasteiger charge is -1.92. The van der Waals surface area contributed by atoms with Gasteiger partial charge in [-0.25, -0.2) is 9.98 Å². The van der Waals surface area contributed by atoms with Crippen LogP contribution in [0, 0.1) is 0 Å². The van der Waals surface area contributed by atoms with E-state index in [1.807, 2.05) is 48.5 Å². The minimum atomic E-state index is 0.624. The lowest BCUT2D eigenvalue weighted by atomic mass is 10.2. The van der Waals surface area contributed by atoms with Crippen LogP contribution in [0.1, 0.15) is 5.56 Å². The highest BCUT2D eigenvalue weighted by atomic mass is 79.9. The summed E-state index contributed by atoms with van der Waals surface area (Å²) in [7, 11) is 0. The van der Waals surface area contributed by atoms with Crippen LogP contribution in [0.4, 0.5) is 5.95 Å². The van der Waals surface area contributed by atoms with E-state index in [0.29, 0.717) is 5.95 Å². The quantitative estimate of drug-likeness (QED) is 0.712. The monoisotopic (exact) mass is 299 g/mol. The van der Waals surface area contributed by atoms with E-state index in [0.717, 1.165) is 21.1 Å². The van der Waals surface area contributed by atoms with Gasteiger partial charge in [0.2, 0.25) is 5.95 Å². The van der Waals surface area contributed by atoms with Crippen molar-refractivity contribution in [1.29, 1.82) is 0 Å². The van der Waals surface area contributed by atoms with Crippen LogP contribution >= 0.6 is 15.9 Å². The summed E-state index contributed by atoms with van der Waals surface area (Å²) >= 11 is 3.40. The fourth-order valence-corrected chi connectivity index (χ4v) is 1.95. The Balaban J connectivity index is 1.89. The van der Waals surface area contributed by atoms with Crippen molar-refractivity contribution in [3.63, 3.8) is 0 Å². The number of H-pyrrole nitrogens is 1. The topological polar surface area (TPSA) is 41.0 Å². The third kappa shape index (κ3) is 2.33. The lowest BCUT2D eigenvalue weighted by Crippen LogP contribution is -1.79. The number of imidazole rings is 1. The summed E-state index contributed by atoms with van der Waals surface area (Å²) < 4.78 is 1.06.